The second kappa shape index (κ2) is 35.4. The minimum Gasteiger partial charge on any atom is -0.462 e. The fourth-order valence-electron chi connectivity index (χ4n) is 5.52. The molecule has 0 aromatic rings. The predicted molar refractivity (Wildman–Crippen MR) is 198 cm³/mol. The summed E-state index contributed by atoms with van der Waals surface area (Å²) in [6.07, 6.45) is 39.0. The molecule has 0 aliphatic heterocycles. The Kier molecular flexibility index (Phi) is 34.3. The van der Waals surface area contributed by atoms with Crippen molar-refractivity contribution in [1.82, 2.24) is 0 Å². The van der Waals surface area contributed by atoms with Gasteiger partial charge in [0.25, 0.3) is 0 Å². The maximum absolute atomic E-state index is 12.4. The standard InChI is InChI=1S/C39H73O8P/c1-3-5-7-9-11-13-15-16-17-18-19-20-21-22-24-26-28-30-32-34-39(41)47-37(36-46-48(42,43)44)35-45-38(40)33-31-29-27-25-23-14-12-10-8-6-4-2/h11,13,16-17,37H,3-10,12,14-15,18-36H2,1-2H3,(H2,42,43,44)/b13-11+,17-16+/t37-/m1/s1. The zero-order chi connectivity index (χ0) is 35.4. The second-order valence-electron chi connectivity index (χ2n) is 13.3. The first-order valence-electron chi connectivity index (χ1n) is 19.6. The van der Waals surface area contributed by atoms with Gasteiger partial charge in [-0.15, -0.1) is 0 Å². The number of allylic oxidation sites excluding steroid dienone is 4. The lowest BCUT2D eigenvalue weighted by atomic mass is 10.1. The molecule has 0 radical (unpaired) electrons. The van der Waals surface area contributed by atoms with Gasteiger partial charge in [-0.3, -0.25) is 14.1 Å². The van der Waals surface area contributed by atoms with Crippen LogP contribution in [0, 0.1) is 0 Å². The van der Waals surface area contributed by atoms with Gasteiger partial charge in [0.15, 0.2) is 6.10 Å². The summed E-state index contributed by atoms with van der Waals surface area (Å²) in [4.78, 5) is 42.7. The Hall–Kier alpha value is -1.47. The van der Waals surface area contributed by atoms with Crippen molar-refractivity contribution in [2.45, 2.75) is 200 Å². The van der Waals surface area contributed by atoms with Crippen molar-refractivity contribution in [3.05, 3.63) is 24.3 Å². The highest BCUT2D eigenvalue weighted by Crippen LogP contribution is 2.36. The monoisotopic (exact) mass is 701 g/mol. The first-order chi connectivity index (χ1) is 23.3. The molecule has 0 spiro atoms. The fourth-order valence-corrected chi connectivity index (χ4v) is 5.88. The number of unbranched alkanes of at least 4 members (excludes halogenated alkanes) is 22. The molecule has 0 fully saturated rings. The van der Waals surface area contributed by atoms with Gasteiger partial charge in [0.05, 0.1) is 6.61 Å². The molecular formula is C39H73O8P. The van der Waals surface area contributed by atoms with E-state index in [2.05, 4.69) is 42.7 Å². The first kappa shape index (κ1) is 46.5. The average molecular weight is 701 g/mol. The number of ether oxygens (including phenoxy) is 2. The van der Waals surface area contributed by atoms with Crippen LogP contribution in [-0.4, -0.2) is 41.0 Å². The zero-order valence-corrected chi connectivity index (χ0v) is 31.8. The van der Waals surface area contributed by atoms with Crippen molar-refractivity contribution in [2.24, 2.45) is 0 Å². The largest absolute Gasteiger partial charge is 0.469 e. The molecule has 282 valence electrons. The van der Waals surface area contributed by atoms with E-state index in [9.17, 15) is 14.2 Å². The third-order valence-corrected chi connectivity index (χ3v) is 8.96. The third kappa shape index (κ3) is 37.4. The van der Waals surface area contributed by atoms with E-state index < -0.39 is 32.5 Å². The molecule has 0 unspecified atom stereocenters. The van der Waals surface area contributed by atoms with Crippen molar-refractivity contribution in [3.8, 4) is 0 Å². The number of esters is 2. The summed E-state index contributed by atoms with van der Waals surface area (Å²) in [5.74, 6) is -0.885. The van der Waals surface area contributed by atoms with Crippen LogP contribution in [0.25, 0.3) is 0 Å². The van der Waals surface area contributed by atoms with E-state index in [0.717, 1.165) is 51.4 Å². The maximum atomic E-state index is 12.4. The van der Waals surface area contributed by atoms with Crippen LogP contribution in [0.15, 0.2) is 24.3 Å². The second-order valence-corrected chi connectivity index (χ2v) is 14.5. The smallest absolute Gasteiger partial charge is 0.462 e. The van der Waals surface area contributed by atoms with Gasteiger partial charge in [0.2, 0.25) is 0 Å². The Labute approximate surface area is 294 Å². The van der Waals surface area contributed by atoms with Crippen LogP contribution in [0.4, 0.5) is 0 Å². The Morgan fingerprint density at radius 1 is 0.542 bits per heavy atom. The van der Waals surface area contributed by atoms with E-state index in [-0.39, 0.29) is 19.4 Å². The lowest BCUT2D eigenvalue weighted by molar-refractivity contribution is -0.161. The van der Waals surface area contributed by atoms with Crippen molar-refractivity contribution in [1.29, 1.82) is 0 Å². The van der Waals surface area contributed by atoms with E-state index in [1.54, 1.807) is 0 Å². The number of hydrogen-bond acceptors (Lipinski definition) is 6. The average Bonchev–Trinajstić information content (AvgIpc) is 3.05. The molecule has 48 heavy (non-hydrogen) atoms. The SMILES string of the molecule is CCCCC/C=C/C/C=C/CCCCCCCCCCCC(=O)O[C@H](COC(=O)CCCCCCCCCCCCC)COP(=O)(O)O. The van der Waals surface area contributed by atoms with Gasteiger partial charge >= 0.3 is 19.8 Å². The third-order valence-electron chi connectivity index (χ3n) is 8.47. The van der Waals surface area contributed by atoms with Crippen molar-refractivity contribution < 1.29 is 37.9 Å². The lowest BCUT2D eigenvalue weighted by Gasteiger charge is -2.18. The molecule has 0 saturated heterocycles. The maximum Gasteiger partial charge on any atom is 0.469 e. The molecule has 0 aromatic heterocycles. The highest BCUT2D eigenvalue weighted by Gasteiger charge is 2.22. The quantitative estimate of drug-likeness (QED) is 0.0287. The Balaban J connectivity index is 3.91. The minimum atomic E-state index is -4.75. The molecule has 8 nitrogen and oxygen atoms in total. The summed E-state index contributed by atoms with van der Waals surface area (Å²) in [6, 6.07) is 0. The summed E-state index contributed by atoms with van der Waals surface area (Å²) in [5, 5.41) is 0. The number of phosphoric acid groups is 1. The summed E-state index contributed by atoms with van der Waals surface area (Å²) < 4.78 is 26.3. The number of phosphoric ester groups is 1. The fraction of sp³-hybridized carbons (Fsp3) is 0.846. The highest BCUT2D eigenvalue weighted by molar-refractivity contribution is 7.46. The molecule has 0 saturated carbocycles. The molecule has 0 aliphatic carbocycles. The van der Waals surface area contributed by atoms with E-state index in [0.29, 0.717) is 6.42 Å². The van der Waals surface area contributed by atoms with Gasteiger partial charge in [0.1, 0.15) is 6.61 Å². The van der Waals surface area contributed by atoms with E-state index in [1.165, 1.54) is 109 Å². The lowest BCUT2D eigenvalue weighted by Crippen LogP contribution is -2.29. The molecule has 0 aliphatic rings. The number of carbonyl (C=O) groups excluding carboxylic acids is 2. The summed E-state index contributed by atoms with van der Waals surface area (Å²) >= 11 is 0. The highest BCUT2D eigenvalue weighted by atomic mass is 31.2. The molecule has 0 heterocycles. The van der Waals surface area contributed by atoms with Gasteiger partial charge in [0, 0.05) is 12.8 Å². The summed E-state index contributed by atoms with van der Waals surface area (Å²) in [7, 11) is -4.75. The molecular weight excluding hydrogens is 627 g/mol. The van der Waals surface area contributed by atoms with Crippen LogP contribution in [0.2, 0.25) is 0 Å². The van der Waals surface area contributed by atoms with Crippen molar-refractivity contribution in [2.75, 3.05) is 13.2 Å². The van der Waals surface area contributed by atoms with E-state index >= 15 is 0 Å². The molecule has 0 aromatic carbocycles. The van der Waals surface area contributed by atoms with Crippen molar-refractivity contribution in [3.63, 3.8) is 0 Å². The van der Waals surface area contributed by atoms with Crippen LogP contribution in [0.1, 0.15) is 194 Å². The molecule has 0 amide bonds. The zero-order valence-electron chi connectivity index (χ0n) is 30.9. The number of carbonyl (C=O) groups is 2. The molecule has 2 N–H and O–H groups in total. The van der Waals surface area contributed by atoms with Crippen LogP contribution in [0.3, 0.4) is 0 Å². The topological polar surface area (TPSA) is 119 Å². The van der Waals surface area contributed by atoms with Gasteiger partial charge < -0.3 is 19.3 Å². The van der Waals surface area contributed by atoms with Gasteiger partial charge in [-0.25, -0.2) is 4.57 Å². The minimum absolute atomic E-state index is 0.210. The predicted octanol–water partition coefficient (Wildman–Crippen LogP) is 11.6. The van der Waals surface area contributed by atoms with Crippen LogP contribution >= 0.6 is 7.82 Å². The Morgan fingerprint density at radius 3 is 1.42 bits per heavy atom. The molecule has 0 rings (SSSR count). The van der Waals surface area contributed by atoms with Crippen LogP contribution in [-0.2, 0) is 28.2 Å². The van der Waals surface area contributed by atoms with E-state index in [4.69, 9.17) is 19.3 Å². The number of hydrogen-bond donors (Lipinski definition) is 2. The first-order valence-corrected chi connectivity index (χ1v) is 21.2. The van der Waals surface area contributed by atoms with Crippen LogP contribution < -0.4 is 0 Å². The Bertz CT molecular complexity index is 838. The molecule has 1 atom stereocenters. The summed E-state index contributed by atoms with van der Waals surface area (Å²) in [5.41, 5.74) is 0. The van der Waals surface area contributed by atoms with Gasteiger partial charge in [-0.05, 0) is 44.9 Å². The molecule has 9 heteroatoms. The van der Waals surface area contributed by atoms with Crippen molar-refractivity contribution >= 4 is 19.8 Å². The van der Waals surface area contributed by atoms with E-state index in [1.807, 2.05) is 0 Å². The Morgan fingerprint density at radius 2 is 0.938 bits per heavy atom. The summed E-state index contributed by atoms with van der Waals surface area (Å²) in [6.45, 7) is 3.65. The normalized spacial score (nSPS) is 12.7. The molecule has 0 bridgehead atoms. The van der Waals surface area contributed by atoms with Crippen LogP contribution in [0.5, 0.6) is 0 Å². The van der Waals surface area contributed by atoms with Gasteiger partial charge in [-0.2, -0.15) is 0 Å². The van der Waals surface area contributed by atoms with Gasteiger partial charge in [-0.1, -0.05) is 160 Å². The number of rotatable bonds is 36.